The van der Waals surface area contributed by atoms with E-state index in [0.29, 0.717) is 0 Å². The number of carbonyl (C=O) groups is 5. The standard InChI is InChI=1S/C20H29N5O7/c1-11(26)17(25-18(29)13(21)9-12-5-3-2-4-6-12)19(30)23-10-16(28)24-14(20(31)32)7-8-15(22)27/h2-6,11,13-14,17,26H,7-10,21H2,1H3,(H2,22,27)(H,23,30)(H,24,28)(H,25,29)(H,31,32). The molecule has 9 N–H and O–H groups in total. The van der Waals surface area contributed by atoms with Crippen LogP contribution in [0.3, 0.4) is 0 Å². The van der Waals surface area contributed by atoms with Crippen LogP contribution in [0.2, 0.25) is 0 Å². The predicted octanol–water partition coefficient (Wildman–Crippen LogP) is -2.63. The number of amides is 4. The number of hydrogen-bond donors (Lipinski definition) is 7. The van der Waals surface area contributed by atoms with Crippen LogP contribution in [0.5, 0.6) is 0 Å². The van der Waals surface area contributed by atoms with E-state index in [0.717, 1.165) is 5.56 Å². The molecule has 0 aliphatic heterocycles. The average molecular weight is 451 g/mol. The maximum Gasteiger partial charge on any atom is 0.326 e. The van der Waals surface area contributed by atoms with Gasteiger partial charge in [0.15, 0.2) is 0 Å². The molecule has 4 atom stereocenters. The fraction of sp³-hybridized carbons (Fsp3) is 0.450. The van der Waals surface area contributed by atoms with E-state index in [1.807, 2.05) is 6.07 Å². The molecule has 0 aromatic heterocycles. The molecule has 1 rings (SSSR count). The van der Waals surface area contributed by atoms with Crippen LogP contribution in [0.1, 0.15) is 25.3 Å². The zero-order valence-electron chi connectivity index (χ0n) is 17.6. The Kier molecular flexibility index (Phi) is 10.8. The summed E-state index contributed by atoms with van der Waals surface area (Å²) in [5, 5.41) is 25.7. The summed E-state index contributed by atoms with van der Waals surface area (Å²) in [4.78, 5) is 58.6. The van der Waals surface area contributed by atoms with Crippen molar-refractivity contribution in [2.75, 3.05) is 6.54 Å². The summed E-state index contributed by atoms with van der Waals surface area (Å²) in [7, 11) is 0. The van der Waals surface area contributed by atoms with Crippen molar-refractivity contribution >= 4 is 29.6 Å². The zero-order chi connectivity index (χ0) is 24.3. The number of carboxylic acid groups (broad SMARTS) is 1. The van der Waals surface area contributed by atoms with Crippen molar-refractivity contribution in [3.8, 4) is 0 Å². The van der Waals surface area contributed by atoms with Gasteiger partial charge < -0.3 is 37.6 Å². The van der Waals surface area contributed by atoms with Gasteiger partial charge in [-0.1, -0.05) is 30.3 Å². The lowest BCUT2D eigenvalue weighted by molar-refractivity contribution is -0.142. The van der Waals surface area contributed by atoms with E-state index in [4.69, 9.17) is 16.6 Å². The van der Waals surface area contributed by atoms with E-state index in [1.54, 1.807) is 24.3 Å². The molecule has 0 saturated carbocycles. The van der Waals surface area contributed by atoms with E-state index in [-0.39, 0.29) is 19.3 Å². The lowest BCUT2D eigenvalue weighted by Gasteiger charge is -2.23. The van der Waals surface area contributed by atoms with Gasteiger partial charge in [-0.2, -0.15) is 0 Å². The molecule has 12 nitrogen and oxygen atoms in total. The smallest absolute Gasteiger partial charge is 0.326 e. The van der Waals surface area contributed by atoms with Crippen LogP contribution in [-0.2, 0) is 30.4 Å². The van der Waals surface area contributed by atoms with Crippen LogP contribution in [0.4, 0.5) is 0 Å². The Morgan fingerprint density at radius 3 is 2.19 bits per heavy atom. The molecule has 1 aromatic rings. The average Bonchev–Trinajstić information content (AvgIpc) is 2.73. The largest absolute Gasteiger partial charge is 0.480 e. The van der Waals surface area contributed by atoms with Crippen molar-refractivity contribution in [2.24, 2.45) is 11.5 Å². The molecule has 0 heterocycles. The third-order valence-electron chi connectivity index (χ3n) is 4.43. The Hall–Kier alpha value is -3.51. The molecular weight excluding hydrogens is 422 g/mol. The number of aliphatic carboxylic acids is 1. The van der Waals surface area contributed by atoms with Gasteiger partial charge in [0.2, 0.25) is 23.6 Å². The molecule has 0 saturated heterocycles. The molecule has 32 heavy (non-hydrogen) atoms. The molecule has 0 radical (unpaired) electrons. The van der Waals surface area contributed by atoms with Crippen molar-refractivity contribution in [3.63, 3.8) is 0 Å². The molecule has 0 aliphatic rings. The van der Waals surface area contributed by atoms with Crippen LogP contribution >= 0.6 is 0 Å². The lowest BCUT2D eigenvalue weighted by Crippen LogP contribution is -2.57. The minimum absolute atomic E-state index is 0.212. The molecule has 0 spiro atoms. The molecule has 0 aliphatic carbocycles. The highest BCUT2D eigenvalue weighted by Crippen LogP contribution is 2.03. The minimum Gasteiger partial charge on any atom is -0.480 e. The summed E-state index contributed by atoms with van der Waals surface area (Å²) in [6.45, 7) is 0.659. The van der Waals surface area contributed by atoms with E-state index < -0.39 is 60.4 Å². The van der Waals surface area contributed by atoms with Crippen LogP contribution in [0, 0.1) is 0 Å². The summed E-state index contributed by atoms with van der Waals surface area (Å²) < 4.78 is 0. The summed E-state index contributed by atoms with van der Waals surface area (Å²) in [5.41, 5.74) is 11.7. The molecule has 0 bridgehead atoms. The van der Waals surface area contributed by atoms with Gasteiger partial charge in [-0.05, 0) is 25.3 Å². The topological polar surface area (TPSA) is 214 Å². The van der Waals surface area contributed by atoms with E-state index >= 15 is 0 Å². The number of carboxylic acids is 1. The van der Waals surface area contributed by atoms with Crippen LogP contribution in [0.15, 0.2) is 30.3 Å². The summed E-state index contributed by atoms with van der Waals surface area (Å²) in [6.07, 6.45) is -1.54. The first-order valence-corrected chi connectivity index (χ1v) is 9.87. The quantitative estimate of drug-likeness (QED) is 0.168. The SMILES string of the molecule is CC(O)C(NC(=O)C(N)Cc1ccccc1)C(=O)NCC(=O)NC(CCC(N)=O)C(=O)O. The first-order chi connectivity index (χ1) is 15.0. The van der Waals surface area contributed by atoms with Gasteiger partial charge in [0.1, 0.15) is 12.1 Å². The van der Waals surface area contributed by atoms with E-state index in [1.165, 1.54) is 6.92 Å². The van der Waals surface area contributed by atoms with Crippen LogP contribution < -0.4 is 27.4 Å². The fourth-order valence-corrected chi connectivity index (χ4v) is 2.69. The van der Waals surface area contributed by atoms with Gasteiger partial charge in [0.05, 0.1) is 18.7 Å². The molecule has 1 aromatic carbocycles. The monoisotopic (exact) mass is 451 g/mol. The van der Waals surface area contributed by atoms with Gasteiger partial charge >= 0.3 is 5.97 Å². The number of aliphatic hydroxyl groups excluding tert-OH is 1. The second kappa shape index (κ2) is 13.0. The Bertz CT molecular complexity index is 816. The normalized spacial score (nSPS) is 14.3. The first kappa shape index (κ1) is 26.5. The van der Waals surface area contributed by atoms with Gasteiger partial charge in [-0.15, -0.1) is 0 Å². The highest BCUT2D eigenvalue weighted by Gasteiger charge is 2.28. The molecule has 0 fully saturated rings. The third-order valence-corrected chi connectivity index (χ3v) is 4.43. The number of aliphatic hydroxyl groups is 1. The fourth-order valence-electron chi connectivity index (χ4n) is 2.69. The molecule has 4 amide bonds. The molecular formula is C20H29N5O7. The van der Waals surface area contributed by atoms with Crippen molar-refractivity contribution in [2.45, 2.75) is 50.4 Å². The number of nitrogens with one attached hydrogen (secondary N) is 3. The molecule has 4 unspecified atom stereocenters. The second-order valence-electron chi connectivity index (χ2n) is 7.20. The Morgan fingerprint density at radius 1 is 1.03 bits per heavy atom. The maximum absolute atomic E-state index is 12.4. The van der Waals surface area contributed by atoms with Crippen molar-refractivity contribution in [1.29, 1.82) is 0 Å². The first-order valence-electron chi connectivity index (χ1n) is 9.87. The highest BCUT2D eigenvalue weighted by atomic mass is 16.4. The number of nitrogens with two attached hydrogens (primary N) is 2. The second-order valence-corrected chi connectivity index (χ2v) is 7.20. The number of hydrogen-bond acceptors (Lipinski definition) is 7. The van der Waals surface area contributed by atoms with E-state index in [9.17, 15) is 29.1 Å². The number of benzene rings is 1. The highest BCUT2D eigenvalue weighted by molar-refractivity contribution is 5.93. The summed E-state index contributed by atoms with van der Waals surface area (Å²) in [6, 6.07) is 5.25. The van der Waals surface area contributed by atoms with Crippen molar-refractivity contribution in [1.82, 2.24) is 16.0 Å². The van der Waals surface area contributed by atoms with Gasteiger partial charge in [-0.25, -0.2) is 4.79 Å². The third kappa shape index (κ3) is 9.53. The van der Waals surface area contributed by atoms with Crippen LogP contribution in [0.25, 0.3) is 0 Å². The van der Waals surface area contributed by atoms with Gasteiger partial charge in [0, 0.05) is 6.42 Å². The molecule has 176 valence electrons. The Morgan fingerprint density at radius 2 is 1.66 bits per heavy atom. The maximum atomic E-state index is 12.4. The van der Waals surface area contributed by atoms with Gasteiger partial charge in [0.25, 0.3) is 0 Å². The Labute approximate surface area is 184 Å². The van der Waals surface area contributed by atoms with Gasteiger partial charge in [-0.3, -0.25) is 19.2 Å². The minimum atomic E-state index is -1.39. The zero-order valence-corrected chi connectivity index (χ0v) is 17.6. The number of primary amides is 1. The van der Waals surface area contributed by atoms with E-state index in [2.05, 4.69) is 16.0 Å². The summed E-state index contributed by atoms with van der Waals surface area (Å²) in [5.74, 6) is -4.46. The Balaban J connectivity index is 2.60. The van der Waals surface area contributed by atoms with Crippen molar-refractivity contribution in [3.05, 3.63) is 35.9 Å². The predicted molar refractivity (Wildman–Crippen MR) is 113 cm³/mol. The van der Waals surface area contributed by atoms with Crippen LogP contribution in [-0.4, -0.2) is 70.6 Å². The number of carbonyl (C=O) groups excluding carboxylic acids is 4. The number of rotatable bonds is 13. The lowest BCUT2D eigenvalue weighted by atomic mass is 10.0. The molecule has 12 heteroatoms. The van der Waals surface area contributed by atoms with Crippen molar-refractivity contribution < 1.29 is 34.2 Å². The summed E-state index contributed by atoms with van der Waals surface area (Å²) >= 11 is 0.